The highest BCUT2D eigenvalue weighted by molar-refractivity contribution is 4.94. The highest BCUT2D eigenvalue weighted by atomic mass is 16.3. The number of aliphatic hydroxyl groups is 2. The third-order valence-corrected chi connectivity index (χ3v) is 4.17. The normalized spacial score (nSPS) is 14.2. The Labute approximate surface area is 134 Å². The predicted molar refractivity (Wildman–Crippen MR) is 88.8 cm³/mol. The zero-order chi connectivity index (χ0) is 16.2. The molecule has 2 atom stereocenters. The SMILES string of the molecule is CCCCCCCc1cn([C@@H](CO)[C@H](O)CCCCC)nn1. The Morgan fingerprint density at radius 2 is 1.73 bits per heavy atom. The lowest BCUT2D eigenvalue weighted by molar-refractivity contribution is 0.0579. The lowest BCUT2D eigenvalue weighted by Crippen LogP contribution is -2.27. The van der Waals surface area contributed by atoms with Gasteiger partial charge in [-0.1, -0.05) is 64.0 Å². The number of rotatable bonds is 13. The summed E-state index contributed by atoms with van der Waals surface area (Å²) in [4.78, 5) is 0. The van der Waals surface area contributed by atoms with Gasteiger partial charge in [0.25, 0.3) is 0 Å². The minimum atomic E-state index is -0.560. The van der Waals surface area contributed by atoms with Gasteiger partial charge in [-0.2, -0.15) is 0 Å². The molecule has 0 bridgehead atoms. The van der Waals surface area contributed by atoms with Gasteiger partial charge in [0.1, 0.15) is 6.04 Å². The minimum absolute atomic E-state index is 0.105. The van der Waals surface area contributed by atoms with Gasteiger partial charge in [-0.25, -0.2) is 4.68 Å². The Hall–Kier alpha value is -0.940. The summed E-state index contributed by atoms with van der Waals surface area (Å²) in [5.74, 6) is 0. The first kappa shape index (κ1) is 19.1. The van der Waals surface area contributed by atoms with E-state index < -0.39 is 6.10 Å². The highest BCUT2D eigenvalue weighted by Gasteiger charge is 2.21. The summed E-state index contributed by atoms with van der Waals surface area (Å²) in [6, 6.07) is -0.377. The fourth-order valence-corrected chi connectivity index (χ4v) is 2.68. The molecule has 0 aliphatic heterocycles. The number of unbranched alkanes of at least 4 members (excludes halogenated alkanes) is 6. The van der Waals surface area contributed by atoms with Crippen molar-refractivity contribution in [2.45, 2.75) is 90.2 Å². The molecule has 128 valence electrons. The molecule has 5 heteroatoms. The molecule has 0 radical (unpaired) electrons. The lowest BCUT2D eigenvalue weighted by atomic mass is 10.0. The highest BCUT2D eigenvalue weighted by Crippen LogP contribution is 2.17. The van der Waals surface area contributed by atoms with Crippen LogP contribution in [0.2, 0.25) is 0 Å². The van der Waals surface area contributed by atoms with Gasteiger partial charge in [-0.05, 0) is 19.3 Å². The molecule has 0 fully saturated rings. The van der Waals surface area contributed by atoms with Crippen molar-refractivity contribution in [2.75, 3.05) is 6.61 Å². The van der Waals surface area contributed by atoms with Gasteiger partial charge < -0.3 is 10.2 Å². The molecule has 5 nitrogen and oxygen atoms in total. The maximum Gasteiger partial charge on any atom is 0.103 e. The maximum absolute atomic E-state index is 10.2. The largest absolute Gasteiger partial charge is 0.394 e. The Bertz CT molecular complexity index is 382. The van der Waals surface area contributed by atoms with Crippen molar-refractivity contribution in [3.05, 3.63) is 11.9 Å². The lowest BCUT2D eigenvalue weighted by Gasteiger charge is -2.20. The van der Waals surface area contributed by atoms with Crippen LogP contribution in [0.25, 0.3) is 0 Å². The van der Waals surface area contributed by atoms with Crippen LogP contribution in [0, 0.1) is 0 Å². The van der Waals surface area contributed by atoms with Crippen LogP contribution in [0.3, 0.4) is 0 Å². The fourth-order valence-electron chi connectivity index (χ4n) is 2.68. The van der Waals surface area contributed by atoms with Crippen LogP contribution < -0.4 is 0 Å². The van der Waals surface area contributed by atoms with Gasteiger partial charge >= 0.3 is 0 Å². The number of hydrogen-bond acceptors (Lipinski definition) is 4. The van der Waals surface area contributed by atoms with E-state index in [9.17, 15) is 10.2 Å². The van der Waals surface area contributed by atoms with Crippen molar-refractivity contribution in [2.24, 2.45) is 0 Å². The number of aliphatic hydroxyl groups excluding tert-OH is 2. The van der Waals surface area contributed by atoms with Crippen molar-refractivity contribution in [3.63, 3.8) is 0 Å². The molecule has 0 aromatic carbocycles. The minimum Gasteiger partial charge on any atom is -0.394 e. The molecule has 0 saturated carbocycles. The van der Waals surface area contributed by atoms with E-state index in [0.717, 1.165) is 37.8 Å². The molecule has 0 aliphatic rings. The fraction of sp³-hybridized carbons (Fsp3) is 0.882. The summed E-state index contributed by atoms with van der Waals surface area (Å²) in [5.41, 5.74) is 0.954. The summed E-state index contributed by atoms with van der Waals surface area (Å²) in [5, 5.41) is 28.0. The number of nitrogens with zero attached hydrogens (tertiary/aromatic N) is 3. The third kappa shape index (κ3) is 6.88. The van der Waals surface area contributed by atoms with Gasteiger partial charge in [-0.15, -0.1) is 5.10 Å². The molecule has 1 rings (SSSR count). The van der Waals surface area contributed by atoms with Crippen LogP contribution in [0.5, 0.6) is 0 Å². The molecular weight excluding hydrogens is 278 g/mol. The van der Waals surface area contributed by atoms with Gasteiger partial charge in [0.05, 0.1) is 18.4 Å². The van der Waals surface area contributed by atoms with Crippen molar-refractivity contribution in [3.8, 4) is 0 Å². The second-order valence-electron chi connectivity index (χ2n) is 6.17. The molecule has 0 aliphatic carbocycles. The summed E-state index contributed by atoms with van der Waals surface area (Å²) < 4.78 is 1.64. The average Bonchev–Trinajstić information content (AvgIpc) is 2.97. The molecular formula is C17H33N3O2. The van der Waals surface area contributed by atoms with Gasteiger partial charge in [0.15, 0.2) is 0 Å². The average molecular weight is 311 g/mol. The zero-order valence-corrected chi connectivity index (χ0v) is 14.2. The van der Waals surface area contributed by atoms with E-state index in [-0.39, 0.29) is 12.6 Å². The van der Waals surface area contributed by atoms with Crippen molar-refractivity contribution < 1.29 is 10.2 Å². The summed E-state index contributed by atoms with van der Waals surface area (Å²) in [6.07, 6.45) is 12.3. The molecule has 1 aromatic rings. The first-order valence-corrected chi connectivity index (χ1v) is 8.92. The molecule has 0 amide bonds. The van der Waals surface area contributed by atoms with Crippen LogP contribution in [-0.4, -0.2) is 37.9 Å². The van der Waals surface area contributed by atoms with E-state index >= 15 is 0 Å². The van der Waals surface area contributed by atoms with E-state index in [4.69, 9.17) is 0 Å². The molecule has 1 heterocycles. The Morgan fingerprint density at radius 3 is 2.41 bits per heavy atom. The van der Waals surface area contributed by atoms with Crippen LogP contribution >= 0.6 is 0 Å². The Balaban J connectivity index is 2.42. The van der Waals surface area contributed by atoms with Crippen LogP contribution in [0.15, 0.2) is 6.20 Å². The van der Waals surface area contributed by atoms with Crippen molar-refractivity contribution in [1.82, 2.24) is 15.0 Å². The monoisotopic (exact) mass is 311 g/mol. The molecule has 22 heavy (non-hydrogen) atoms. The van der Waals surface area contributed by atoms with Gasteiger partial charge in [0.2, 0.25) is 0 Å². The zero-order valence-electron chi connectivity index (χ0n) is 14.2. The second kappa shape index (κ2) is 11.6. The third-order valence-electron chi connectivity index (χ3n) is 4.17. The number of hydrogen-bond donors (Lipinski definition) is 2. The number of aryl methyl sites for hydroxylation is 1. The summed E-state index contributed by atoms with van der Waals surface area (Å²) >= 11 is 0. The summed E-state index contributed by atoms with van der Waals surface area (Å²) in [7, 11) is 0. The van der Waals surface area contributed by atoms with E-state index in [1.165, 1.54) is 25.7 Å². The van der Waals surface area contributed by atoms with Gasteiger partial charge in [0, 0.05) is 6.20 Å². The smallest absolute Gasteiger partial charge is 0.103 e. The molecule has 0 spiro atoms. The van der Waals surface area contributed by atoms with E-state index in [1.807, 2.05) is 6.20 Å². The van der Waals surface area contributed by atoms with Crippen molar-refractivity contribution >= 4 is 0 Å². The predicted octanol–water partition coefficient (Wildman–Crippen LogP) is 3.27. The van der Waals surface area contributed by atoms with Crippen LogP contribution in [0.4, 0.5) is 0 Å². The second-order valence-corrected chi connectivity index (χ2v) is 6.17. The Morgan fingerprint density at radius 1 is 1.05 bits per heavy atom. The van der Waals surface area contributed by atoms with E-state index in [1.54, 1.807) is 4.68 Å². The topological polar surface area (TPSA) is 71.2 Å². The van der Waals surface area contributed by atoms with E-state index in [0.29, 0.717) is 6.42 Å². The molecule has 0 saturated heterocycles. The van der Waals surface area contributed by atoms with Crippen molar-refractivity contribution in [1.29, 1.82) is 0 Å². The van der Waals surface area contributed by atoms with Gasteiger partial charge in [-0.3, -0.25) is 0 Å². The Kier molecular flexibility index (Phi) is 10.1. The first-order chi connectivity index (χ1) is 10.7. The van der Waals surface area contributed by atoms with Crippen LogP contribution in [-0.2, 0) is 6.42 Å². The molecule has 1 aromatic heterocycles. The molecule has 2 N–H and O–H groups in total. The summed E-state index contributed by atoms with van der Waals surface area (Å²) in [6.45, 7) is 4.25. The standard InChI is InChI=1S/C17H33N3O2/c1-3-5-7-8-10-11-15-13-20(19-18-15)16(14-21)17(22)12-9-6-4-2/h13,16-17,21-22H,3-12,14H2,1-2H3/t16-,17+/m0/s1. The van der Waals surface area contributed by atoms with Crippen LogP contribution in [0.1, 0.15) is 83.4 Å². The number of aromatic nitrogens is 3. The molecule has 0 unspecified atom stereocenters. The first-order valence-electron chi connectivity index (χ1n) is 8.92. The quantitative estimate of drug-likeness (QED) is 0.548. The van der Waals surface area contributed by atoms with E-state index in [2.05, 4.69) is 24.2 Å². The maximum atomic E-state index is 10.2.